The normalized spacial score (nSPS) is 10.7. The number of nitrogens with one attached hydrogen (secondary N) is 1. The van der Waals surface area contributed by atoms with E-state index in [1.54, 1.807) is 19.0 Å². The molecule has 0 fully saturated rings. The molecule has 0 aliphatic carbocycles. The Morgan fingerprint density at radius 2 is 1.80 bits per heavy atom. The third-order valence-corrected chi connectivity index (χ3v) is 4.73. The van der Waals surface area contributed by atoms with Gasteiger partial charge in [-0.2, -0.15) is 0 Å². The van der Waals surface area contributed by atoms with E-state index < -0.39 is 0 Å². The van der Waals surface area contributed by atoms with Crippen molar-refractivity contribution in [1.82, 2.24) is 20.1 Å². The van der Waals surface area contributed by atoms with Crippen molar-refractivity contribution in [3.63, 3.8) is 0 Å². The lowest BCUT2D eigenvalue weighted by atomic mass is 10.1. The number of H-pyrrole nitrogens is 1. The first-order chi connectivity index (χ1) is 12.0. The summed E-state index contributed by atoms with van der Waals surface area (Å²) in [6, 6.07) is 15.0. The van der Waals surface area contributed by atoms with Gasteiger partial charge in [0.1, 0.15) is 0 Å². The molecule has 1 aromatic heterocycles. The van der Waals surface area contributed by atoms with E-state index in [0.717, 1.165) is 16.9 Å². The second kappa shape index (κ2) is 7.72. The van der Waals surface area contributed by atoms with Gasteiger partial charge in [0.05, 0.1) is 0 Å². The molecule has 1 N–H and O–H groups in total. The van der Waals surface area contributed by atoms with Crippen LogP contribution in [-0.2, 0) is 5.75 Å². The van der Waals surface area contributed by atoms with Gasteiger partial charge in [0.2, 0.25) is 5.16 Å². The summed E-state index contributed by atoms with van der Waals surface area (Å²) in [7, 11) is 3.49. The number of aromatic amines is 1. The maximum absolute atomic E-state index is 11.9. The minimum Gasteiger partial charge on any atom is -0.345 e. The minimum atomic E-state index is 0.000720. The van der Waals surface area contributed by atoms with Crippen molar-refractivity contribution in [1.29, 1.82) is 0 Å². The van der Waals surface area contributed by atoms with Crippen molar-refractivity contribution >= 4 is 29.3 Å². The predicted octanol–water partition coefficient (Wildman–Crippen LogP) is 4.12. The van der Waals surface area contributed by atoms with Crippen LogP contribution in [0.15, 0.2) is 53.7 Å². The first kappa shape index (κ1) is 17.5. The largest absolute Gasteiger partial charge is 0.345 e. The molecule has 5 nitrogen and oxygen atoms in total. The summed E-state index contributed by atoms with van der Waals surface area (Å²) < 4.78 is 0. The van der Waals surface area contributed by atoms with Crippen LogP contribution < -0.4 is 0 Å². The fourth-order valence-electron chi connectivity index (χ4n) is 2.20. The van der Waals surface area contributed by atoms with E-state index >= 15 is 0 Å². The van der Waals surface area contributed by atoms with E-state index in [1.165, 1.54) is 11.8 Å². The van der Waals surface area contributed by atoms with Crippen LogP contribution in [-0.4, -0.2) is 40.1 Å². The first-order valence-corrected chi connectivity index (χ1v) is 9.01. The van der Waals surface area contributed by atoms with Crippen molar-refractivity contribution < 1.29 is 4.79 Å². The number of hydrogen-bond donors (Lipinski definition) is 1. The predicted molar refractivity (Wildman–Crippen MR) is 101 cm³/mol. The Balaban J connectivity index is 1.62. The smallest absolute Gasteiger partial charge is 0.253 e. The maximum atomic E-state index is 11.9. The Kier molecular flexibility index (Phi) is 5.40. The number of benzene rings is 2. The lowest BCUT2D eigenvalue weighted by Crippen LogP contribution is -2.21. The highest BCUT2D eigenvalue weighted by molar-refractivity contribution is 7.98. The molecule has 1 amide bonds. The van der Waals surface area contributed by atoms with Gasteiger partial charge in [-0.05, 0) is 42.0 Å². The van der Waals surface area contributed by atoms with Crippen LogP contribution in [0.4, 0.5) is 0 Å². The third kappa shape index (κ3) is 4.41. The van der Waals surface area contributed by atoms with Crippen LogP contribution >= 0.6 is 23.4 Å². The Morgan fingerprint density at radius 1 is 1.12 bits per heavy atom. The fraction of sp³-hybridized carbons (Fsp3) is 0.167. The van der Waals surface area contributed by atoms with Crippen molar-refractivity contribution in [3.05, 3.63) is 64.7 Å². The maximum Gasteiger partial charge on any atom is 0.253 e. The van der Waals surface area contributed by atoms with Crippen LogP contribution in [0.1, 0.15) is 15.9 Å². The first-order valence-electron chi connectivity index (χ1n) is 7.64. The SMILES string of the molecule is CN(C)C(=O)c1ccc(CSc2n[nH]c(-c3ccc(Cl)cc3)n2)cc1. The zero-order valence-electron chi connectivity index (χ0n) is 13.9. The molecule has 0 aliphatic rings. The highest BCUT2D eigenvalue weighted by Crippen LogP contribution is 2.23. The summed E-state index contributed by atoms with van der Waals surface area (Å²) in [4.78, 5) is 17.9. The summed E-state index contributed by atoms with van der Waals surface area (Å²) in [5.41, 5.74) is 2.73. The Hall–Kier alpha value is -2.31. The standard InChI is InChI=1S/C18H17ClN4OS/c1-23(2)17(24)14-5-3-12(4-6-14)11-25-18-20-16(21-22-18)13-7-9-15(19)10-8-13/h3-10H,11H2,1-2H3,(H,20,21,22). The zero-order valence-corrected chi connectivity index (χ0v) is 15.4. The van der Waals surface area contributed by atoms with Crippen LogP contribution in [0.5, 0.6) is 0 Å². The van der Waals surface area contributed by atoms with Crippen molar-refractivity contribution in [2.24, 2.45) is 0 Å². The van der Waals surface area contributed by atoms with Gasteiger partial charge in [0.15, 0.2) is 5.82 Å². The highest BCUT2D eigenvalue weighted by atomic mass is 35.5. The lowest BCUT2D eigenvalue weighted by Gasteiger charge is -2.10. The number of hydrogen-bond acceptors (Lipinski definition) is 4. The van der Waals surface area contributed by atoms with Crippen LogP contribution in [0, 0.1) is 0 Å². The zero-order chi connectivity index (χ0) is 17.8. The molecular formula is C18H17ClN4OS. The second-order valence-corrected chi connectivity index (χ2v) is 7.04. The molecule has 128 valence electrons. The molecule has 0 aliphatic heterocycles. The third-order valence-electron chi connectivity index (χ3n) is 3.56. The quantitative estimate of drug-likeness (QED) is 0.684. The molecule has 0 saturated carbocycles. The van der Waals surface area contributed by atoms with Gasteiger partial charge in [-0.15, -0.1) is 5.10 Å². The van der Waals surface area contributed by atoms with Crippen molar-refractivity contribution in [3.8, 4) is 11.4 Å². The summed E-state index contributed by atoms with van der Waals surface area (Å²) in [6.07, 6.45) is 0. The van der Waals surface area contributed by atoms with Crippen molar-refractivity contribution in [2.75, 3.05) is 14.1 Å². The average Bonchev–Trinajstić information content (AvgIpc) is 3.09. The minimum absolute atomic E-state index is 0.000720. The average molecular weight is 373 g/mol. The number of aromatic nitrogens is 3. The van der Waals surface area contributed by atoms with Gasteiger partial charge in [-0.25, -0.2) is 4.98 Å². The molecular weight excluding hydrogens is 356 g/mol. The molecule has 0 atom stereocenters. The van der Waals surface area contributed by atoms with Crippen molar-refractivity contribution in [2.45, 2.75) is 10.9 Å². The summed E-state index contributed by atoms with van der Waals surface area (Å²) in [5, 5.41) is 8.54. The highest BCUT2D eigenvalue weighted by Gasteiger charge is 2.09. The molecule has 25 heavy (non-hydrogen) atoms. The van der Waals surface area contributed by atoms with E-state index in [1.807, 2.05) is 48.5 Å². The molecule has 1 heterocycles. The van der Waals surface area contributed by atoms with E-state index in [2.05, 4.69) is 15.2 Å². The Morgan fingerprint density at radius 3 is 2.44 bits per heavy atom. The lowest BCUT2D eigenvalue weighted by molar-refractivity contribution is 0.0827. The molecule has 0 saturated heterocycles. The van der Waals surface area contributed by atoms with Gasteiger partial charge in [-0.1, -0.05) is 35.5 Å². The van der Waals surface area contributed by atoms with Gasteiger partial charge >= 0.3 is 0 Å². The molecule has 0 spiro atoms. The van der Waals surface area contributed by atoms with E-state index in [-0.39, 0.29) is 5.91 Å². The number of carbonyl (C=O) groups excluding carboxylic acids is 1. The monoisotopic (exact) mass is 372 g/mol. The van der Waals surface area contributed by atoms with Crippen LogP contribution in [0.2, 0.25) is 5.02 Å². The molecule has 0 radical (unpaired) electrons. The molecule has 3 aromatic rings. The molecule has 0 bridgehead atoms. The van der Waals surface area contributed by atoms with E-state index in [4.69, 9.17) is 11.6 Å². The fourth-order valence-corrected chi connectivity index (χ4v) is 3.08. The van der Waals surface area contributed by atoms with Gasteiger partial charge < -0.3 is 4.90 Å². The number of thioether (sulfide) groups is 1. The van der Waals surface area contributed by atoms with Crippen LogP contribution in [0.25, 0.3) is 11.4 Å². The molecule has 7 heteroatoms. The number of amides is 1. The van der Waals surface area contributed by atoms with Gasteiger partial charge in [0, 0.05) is 36.0 Å². The van der Waals surface area contributed by atoms with E-state index in [0.29, 0.717) is 21.6 Å². The Bertz CT molecular complexity index is 860. The molecule has 0 unspecified atom stereocenters. The summed E-state index contributed by atoms with van der Waals surface area (Å²) >= 11 is 7.43. The summed E-state index contributed by atoms with van der Waals surface area (Å²) in [6.45, 7) is 0. The topological polar surface area (TPSA) is 61.9 Å². The number of nitrogens with zero attached hydrogens (tertiary/aromatic N) is 3. The number of rotatable bonds is 5. The van der Waals surface area contributed by atoms with Crippen LogP contribution in [0.3, 0.4) is 0 Å². The number of halogens is 1. The van der Waals surface area contributed by atoms with Gasteiger partial charge in [0.25, 0.3) is 5.91 Å². The second-order valence-electron chi connectivity index (χ2n) is 5.66. The van der Waals surface area contributed by atoms with Gasteiger partial charge in [-0.3, -0.25) is 9.89 Å². The summed E-state index contributed by atoms with van der Waals surface area (Å²) in [5.74, 6) is 1.45. The molecule has 3 rings (SSSR count). The van der Waals surface area contributed by atoms with E-state index in [9.17, 15) is 4.79 Å². The number of carbonyl (C=O) groups is 1. The Labute approximate surface area is 155 Å². The molecule has 2 aromatic carbocycles.